The molecular formula is C19H21F2NO5. The van der Waals surface area contributed by atoms with E-state index in [1.807, 2.05) is 6.92 Å². The largest absolute Gasteiger partial charge is 0.493 e. The van der Waals surface area contributed by atoms with E-state index in [1.54, 1.807) is 24.3 Å². The van der Waals surface area contributed by atoms with Crippen LogP contribution in [0.1, 0.15) is 22.8 Å². The van der Waals surface area contributed by atoms with Crippen LogP contribution in [0.25, 0.3) is 0 Å². The Bertz CT molecular complexity index is 783. The number of hydrogen-bond donors (Lipinski definition) is 1. The topological polar surface area (TPSA) is 66.0 Å². The molecule has 0 unspecified atom stereocenters. The van der Waals surface area contributed by atoms with Crippen LogP contribution in [0.4, 0.5) is 8.78 Å². The molecule has 2 rings (SSSR count). The minimum absolute atomic E-state index is 0.0705. The highest BCUT2D eigenvalue weighted by molar-refractivity contribution is 5.94. The summed E-state index contributed by atoms with van der Waals surface area (Å²) in [6.45, 7) is -0.431. The Morgan fingerprint density at radius 3 is 2.30 bits per heavy atom. The average Bonchev–Trinajstić information content (AvgIpc) is 2.67. The second kappa shape index (κ2) is 9.61. The van der Waals surface area contributed by atoms with E-state index in [2.05, 4.69) is 10.1 Å². The van der Waals surface area contributed by atoms with Crippen LogP contribution >= 0.6 is 0 Å². The van der Waals surface area contributed by atoms with Crippen molar-refractivity contribution in [3.8, 4) is 23.0 Å². The fraction of sp³-hybridized carbons (Fsp3) is 0.316. The summed E-state index contributed by atoms with van der Waals surface area (Å²) in [7, 11) is 2.84. The standard InChI is InChI=1S/C19H21F2NO5/c1-4-26-14-8-6-13(10-17(14)25-3)18(23)22-11-12-5-7-15(27-19(20)21)16(9-12)24-2/h5-10,19H,4,11H2,1-3H3,(H,22,23). The number of rotatable bonds is 9. The Morgan fingerprint density at radius 2 is 1.67 bits per heavy atom. The Kier molecular flexibility index (Phi) is 7.22. The summed E-state index contributed by atoms with van der Waals surface area (Å²) in [6, 6.07) is 9.34. The first-order valence-electron chi connectivity index (χ1n) is 8.19. The van der Waals surface area contributed by atoms with Crippen LogP contribution in [-0.2, 0) is 6.54 Å². The van der Waals surface area contributed by atoms with E-state index in [0.29, 0.717) is 29.2 Å². The van der Waals surface area contributed by atoms with Crippen molar-refractivity contribution in [3.05, 3.63) is 47.5 Å². The molecule has 0 saturated carbocycles. The van der Waals surface area contributed by atoms with Crippen molar-refractivity contribution in [2.75, 3.05) is 20.8 Å². The second-order valence-electron chi connectivity index (χ2n) is 5.35. The van der Waals surface area contributed by atoms with Gasteiger partial charge in [0.2, 0.25) is 0 Å². The molecule has 0 aliphatic heterocycles. The zero-order chi connectivity index (χ0) is 19.8. The van der Waals surface area contributed by atoms with Gasteiger partial charge >= 0.3 is 6.61 Å². The zero-order valence-corrected chi connectivity index (χ0v) is 15.3. The van der Waals surface area contributed by atoms with Gasteiger partial charge in [-0.05, 0) is 42.8 Å². The van der Waals surface area contributed by atoms with Crippen LogP contribution in [0, 0.1) is 0 Å². The minimum Gasteiger partial charge on any atom is -0.493 e. The van der Waals surface area contributed by atoms with E-state index in [1.165, 1.54) is 26.4 Å². The lowest BCUT2D eigenvalue weighted by Gasteiger charge is -2.13. The molecule has 1 amide bonds. The fourth-order valence-corrected chi connectivity index (χ4v) is 2.38. The summed E-state index contributed by atoms with van der Waals surface area (Å²) in [6.07, 6.45) is 0. The minimum atomic E-state index is -2.95. The number of amides is 1. The number of hydrogen-bond acceptors (Lipinski definition) is 5. The Morgan fingerprint density at radius 1 is 1.00 bits per heavy atom. The van der Waals surface area contributed by atoms with Crippen molar-refractivity contribution in [1.29, 1.82) is 0 Å². The third-order valence-electron chi connectivity index (χ3n) is 3.62. The maximum absolute atomic E-state index is 12.4. The SMILES string of the molecule is CCOc1ccc(C(=O)NCc2ccc(OC(F)F)c(OC)c2)cc1OC. The smallest absolute Gasteiger partial charge is 0.387 e. The van der Waals surface area contributed by atoms with E-state index >= 15 is 0 Å². The maximum atomic E-state index is 12.4. The van der Waals surface area contributed by atoms with Gasteiger partial charge in [0.05, 0.1) is 20.8 Å². The number of nitrogens with one attached hydrogen (secondary N) is 1. The number of alkyl halides is 2. The molecule has 8 heteroatoms. The lowest BCUT2D eigenvalue weighted by molar-refractivity contribution is -0.0512. The molecule has 0 fully saturated rings. The lowest BCUT2D eigenvalue weighted by atomic mass is 10.1. The molecule has 146 valence electrons. The van der Waals surface area contributed by atoms with Crippen LogP contribution in [0.15, 0.2) is 36.4 Å². The molecule has 27 heavy (non-hydrogen) atoms. The number of methoxy groups -OCH3 is 2. The van der Waals surface area contributed by atoms with Gasteiger partial charge in [-0.15, -0.1) is 0 Å². The second-order valence-corrected chi connectivity index (χ2v) is 5.35. The van der Waals surface area contributed by atoms with E-state index in [-0.39, 0.29) is 24.0 Å². The highest BCUT2D eigenvalue weighted by atomic mass is 19.3. The van der Waals surface area contributed by atoms with Crippen molar-refractivity contribution in [2.45, 2.75) is 20.1 Å². The third-order valence-corrected chi connectivity index (χ3v) is 3.62. The van der Waals surface area contributed by atoms with Crippen molar-refractivity contribution >= 4 is 5.91 Å². The number of benzene rings is 2. The van der Waals surface area contributed by atoms with Crippen molar-refractivity contribution in [3.63, 3.8) is 0 Å². The van der Waals surface area contributed by atoms with Gasteiger partial charge in [0, 0.05) is 12.1 Å². The van der Waals surface area contributed by atoms with Crippen molar-refractivity contribution in [2.24, 2.45) is 0 Å². The first-order chi connectivity index (χ1) is 13.0. The average molecular weight is 381 g/mol. The van der Waals surface area contributed by atoms with Crippen LogP contribution < -0.4 is 24.3 Å². The molecule has 0 aliphatic rings. The summed E-state index contributed by atoms with van der Waals surface area (Å²) in [5.41, 5.74) is 1.07. The Hall–Kier alpha value is -3.03. The summed E-state index contributed by atoms with van der Waals surface area (Å²) >= 11 is 0. The summed E-state index contributed by atoms with van der Waals surface area (Å²) in [5.74, 6) is 0.780. The number of halogens is 2. The van der Waals surface area contributed by atoms with Gasteiger partial charge in [0.1, 0.15) is 0 Å². The number of ether oxygens (including phenoxy) is 4. The van der Waals surface area contributed by atoms with E-state index in [4.69, 9.17) is 14.2 Å². The van der Waals surface area contributed by atoms with Gasteiger partial charge in [0.15, 0.2) is 23.0 Å². The third kappa shape index (κ3) is 5.47. The maximum Gasteiger partial charge on any atom is 0.387 e. The Labute approximate surface area is 156 Å². The molecule has 0 radical (unpaired) electrons. The van der Waals surface area contributed by atoms with Crippen molar-refractivity contribution < 1.29 is 32.5 Å². The molecule has 0 spiro atoms. The molecule has 1 N–H and O–H groups in total. The molecule has 2 aromatic rings. The van der Waals surface area contributed by atoms with Crippen LogP contribution in [0.2, 0.25) is 0 Å². The Balaban J connectivity index is 2.06. The predicted molar refractivity (Wildman–Crippen MR) is 95.0 cm³/mol. The van der Waals surface area contributed by atoms with Crippen LogP contribution in [0.3, 0.4) is 0 Å². The first-order valence-corrected chi connectivity index (χ1v) is 8.19. The molecule has 0 saturated heterocycles. The summed E-state index contributed by atoms with van der Waals surface area (Å²) in [4.78, 5) is 12.4. The zero-order valence-electron chi connectivity index (χ0n) is 15.3. The molecule has 0 atom stereocenters. The monoisotopic (exact) mass is 381 g/mol. The van der Waals surface area contributed by atoms with Gasteiger partial charge in [-0.1, -0.05) is 6.07 Å². The molecule has 0 aliphatic carbocycles. The molecule has 0 aromatic heterocycles. The number of carbonyl (C=O) groups excluding carboxylic acids is 1. The molecule has 2 aromatic carbocycles. The highest BCUT2D eigenvalue weighted by Gasteiger charge is 2.13. The van der Waals surface area contributed by atoms with E-state index in [0.717, 1.165) is 0 Å². The lowest BCUT2D eigenvalue weighted by Crippen LogP contribution is -2.22. The highest BCUT2D eigenvalue weighted by Crippen LogP contribution is 2.30. The van der Waals surface area contributed by atoms with Gasteiger partial charge in [0.25, 0.3) is 5.91 Å². The van der Waals surface area contributed by atoms with Gasteiger partial charge < -0.3 is 24.3 Å². The van der Waals surface area contributed by atoms with Gasteiger partial charge in [-0.3, -0.25) is 4.79 Å². The van der Waals surface area contributed by atoms with Crippen LogP contribution in [0.5, 0.6) is 23.0 Å². The molecular weight excluding hydrogens is 360 g/mol. The van der Waals surface area contributed by atoms with Crippen LogP contribution in [-0.4, -0.2) is 33.3 Å². The molecule has 6 nitrogen and oxygen atoms in total. The van der Waals surface area contributed by atoms with Gasteiger partial charge in [-0.25, -0.2) is 0 Å². The van der Waals surface area contributed by atoms with Gasteiger partial charge in [-0.2, -0.15) is 8.78 Å². The van der Waals surface area contributed by atoms with Crippen molar-refractivity contribution in [1.82, 2.24) is 5.32 Å². The fourth-order valence-electron chi connectivity index (χ4n) is 2.38. The molecule has 0 heterocycles. The van der Waals surface area contributed by atoms with E-state index < -0.39 is 6.61 Å². The predicted octanol–water partition coefficient (Wildman–Crippen LogP) is 3.63. The molecule has 0 bridgehead atoms. The normalized spacial score (nSPS) is 10.4. The number of carbonyl (C=O) groups is 1. The quantitative estimate of drug-likeness (QED) is 0.719. The first kappa shape index (κ1) is 20.3. The van der Waals surface area contributed by atoms with E-state index in [9.17, 15) is 13.6 Å². The summed E-state index contributed by atoms with van der Waals surface area (Å²) in [5, 5.41) is 2.75. The summed E-state index contributed by atoms with van der Waals surface area (Å²) < 4.78 is 44.8.